The number of imidazole rings is 2. The molecule has 0 radical (unpaired) electrons. The minimum absolute atomic E-state index is 0.276. The third kappa shape index (κ3) is 7.26. The zero-order valence-corrected chi connectivity index (χ0v) is 33.3. The average molecular weight is 804 g/mol. The Morgan fingerprint density at radius 2 is 1.21 bits per heavy atom. The lowest BCUT2D eigenvalue weighted by Gasteiger charge is -2.37. The summed E-state index contributed by atoms with van der Waals surface area (Å²) in [5.41, 5.74) is 6.45. The molecule has 0 N–H and O–H groups in total. The summed E-state index contributed by atoms with van der Waals surface area (Å²) in [5.74, 6) is 1.12. The lowest BCUT2D eigenvalue weighted by atomic mass is 10.2. The van der Waals surface area contributed by atoms with Crippen LogP contribution >= 0.6 is 23.2 Å². The van der Waals surface area contributed by atoms with Gasteiger partial charge in [0, 0.05) is 48.0 Å². The van der Waals surface area contributed by atoms with E-state index in [1.807, 2.05) is 53.3 Å². The highest BCUT2D eigenvalue weighted by atomic mass is 35.5. The fourth-order valence-corrected chi connectivity index (χ4v) is 7.39. The standard InChI is InChI=1S/C43H38Cl2F2N10/c1-5-7-18-55-38-21-30(46)13-16-36(38)52-40(55)28-19-33(44)42(50-22-28)56(31-14-11-26(3)48-24-31)57(32-15-12-27(4)49-25-32)43-34(45)20-29(23-51-43)41-53-39-35(47)9-8-10-37(39)54(41)17-6-2/h8-16,19-25H,5-7,17-18H2,1-4H3. The summed E-state index contributed by atoms with van der Waals surface area (Å²) in [4.78, 5) is 28.7. The van der Waals surface area contributed by atoms with Crippen LogP contribution in [0.5, 0.6) is 0 Å². The fraction of sp³-hybridized carbons (Fsp3) is 0.209. The number of aromatic nitrogens is 8. The molecule has 8 rings (SSSR count). The molecule has 6 heterocycles. The Kier molecular flexibility index (Phi) is 10.6. The van der Waals surface area contributed by atoms with E-state index in [0.717, 1.165) is 30.7 Å². The number of hydrogen-bond acceptors (Lipinski definition) is 8. The van der Waals surface area contributed by atoms with Gasteiger partial charge in [-0.1, -0.05) is 49.5 Å². The van der Waals surface area contributed by atoms with Gasteiger partial charge < -0.3 is 9.13 Å². The van der Waals surface area contributed by atoms with E-state index in [2.05, 4.69) is 23.8 Å². The van der Waals surface area contributed by atoms with Crippen molar-refractivity contribution in [2.24, 2.45) is 0 Å². The van der Waals surface area contributed by atoms with Crippen molar-refractivity contribution < 1.29 is 8.78 Å². The summed E-state index contributed by atoms with van der Waals surface area (Å²) in [6, 6.07) is 20.7. The van der Waals surface area contributed by atoms with E-state index >= 15 is 0 Å². The minimum atomic E-state index is -0.401. The summed E-state index contributed by atoms with van der Waals surface area (Å²) in [6.07, 6.45) is 9.46. The van der Waals surface area contributed by atoms with Gasteiger partial charge in [0.1, 0.15) is 23.0 Å². The number of para-hydroxylation sites is 1. The van der Waals surface area contributed by atoms with Crippen molar-refractivity contribution >= 4 is 68.3 Å². The number of halogens is 4. The van der Waals surface area contributed by atoms with Crippen LogP contribution in [0.1, 0.15) is 44.5 Å². The van der Waals surface area contributed by atoms with Crippen molar-refractivity contribution in [2.45, 2.75) is 60.0 Å². The molecule has 8 aromatic rings. The van der Waals surface area contributed by atoms with Gasteiger partial charge in [-0.15, -0.1) is 0 Å². The molecule has 288 valence electrons. The number of aryl methyl sites for hydroxylation is 4. The monoisotopic (exact) mass is 802 g/mol. The van der Waals surface area contributed by atoms with Crippen LogP contribution in [0.15, 0.2) is 97.6 Å². The van der Waals surface area contributed by atoms with E-state index in [4.69, 9.17) is 43.1 Å². The molecule has 0 saturated heterocycles. The third-order valence-electron chi connectivity index (χ3n) is 9.66. The van der Waals surface area contributed by atoms with Crippen LogP contribution in [0.3, 0.4) is 0 Å². The third-order valence-corrected chi connectivity index (χ3v) is 10.2. The normalized spacial score (nSPS) is 11.5. The van der Waals surface area contributed by atoms with Gasteiger partial charge in [-0.25, -0.2) is 38.7 Å². The SMILES string of the molecule is CCCCn1c(-c2cnc(N(c3ccc(C)nc3)N(c3ccc(C)nc3)c3ncc(-c4nc5c(F)cccc5n4CCC)cc3Cl)c(Cl)c2)nc2ccc(F)cc21. The summed E-state index contributed by atoms with van der Waals surface area (Å²) in [5, 5.41) is 4.14. The summed E-state index contributed by atoms with van der Waals surface area (Å²) in [6.45, 7) is 9.23. The van der Waals surface area contributed by atoms with Crippen molar-refractivity contribution in [3.05, 3.63) is 131 Å². The second-order valence-corrected chi connectivity index (χ2v) is 14.6. The minimum Gasteiger partial charge on any atom is -0.324 e. The largest absolute Gasteiger partial charge is 0.324 e. The number of nitrogens with zero attached hydrogens (tertiary/aromatic N) is 10. The van der Waals surface area contributed by atoms with Crippen LogP contribution in [0.2, 0.25) is 10.0 Å². The number of benzene rings is 2. The zero-order chi connectivity index (χ0) is 39.8. The molecular weight excluding hydrogens is 765 g/mol. The Bertz CT molecular complexity index is 2730. The van der Waals surface area contributed by atoms with Crippen molar-refractivity contribution in [2.75, 3.05) is 10.0 Å². The number of anilines is 4. The first-order valence-corrected chi connectivity index (χ1v) is 19.5. The summed E-state index contributed by atoms with van der Waals surface area (Å²) < 4.78 is 33.4. The van der Waals surface area contributed by atoms with E-state index < -0.39 is 5.82 Å². The van der Waals surface area contributed by atoms with Crippen LogP contribution in [0.25, 0.3) is 44.8 Å². The molecule has 0 aliphatic heterocycles. The molecule has 6 aromatic heterocycles. The Labute approximate surface area is 338 Å². The molecule has 10 nitrogen and oxygen atoms in total. The zero-order valence-electron chi connectivity index (χ0n) is 31.8. The molecule has 0 atom stereocenters. The van der Waals surface area contributed by atoms with Gasteiger partial charge >= 0.3 is 0 Å². The summed E-state index contributed by atoms with van der Waals surface area (Å²) in [7, 11) is 0. The molecular formula is C43H38Cl2F2N10. The van der Waals surface area contributed by atoms with E-state index in [-0.39, 0.29) is 16.4 Å². The van der Waals surface area contributed by atoms with E-state index in [9.17, 15) is 8.78 Å². The number of unbranched alkanes of at least 4 members (excludes halogenated alkanes) is 1. The molecule has 0 aliphatic rings. The molecule has 0 amide bonds. The number of hydrogen-bond donors (Lipinski definition) is 0. The Balaban J connectivity index is 1.29. The molecule has 0 spiro atoms. The molecule has 0 aliphatic carbocycles. The highest BCUT2D eigenvalue weighted by molar-refractivity contribution is 6.34. The quantitative estimate of drug-likeness (QED) is 0.113. The van der Waals surface area contributed by atoms with Crippen LogP contribution in [-0.4, -0.2) is 39.0 Å². The van der Waals surface area contributed by atoms with Gasteiger partial charge in [0.15, 0.2) is 17.5 Å². The van der Waals surface area contributed by atoms with Crippen molar-refractivity contribution in [1.29, 1.82) is 0 Å². The molecule has 0 unspecified atom stereocenters. The maximum absolute atomic E-state index is 14.9. The van der Waals surface area contributed by atoms with E-state index in [0.29, 0.717) is 80.4 Å². The molecule has 2 aromatic carbocycles. The van der Waals surface area contributed by atoms with E-state index in [1.165, 1.54) is 18.2 Å². The van der Waals surface area contributed by atoms with Gasteiger partial charge in [0.2, 0.25) is 0 Å². The van der Waals surface area contributed by atoms with Gasteiger partial charge in [0.05, 0.1) is 50.4 Å². The van der Waals surface area contributed by atoms with Gasteiger partial charge in [0.25, 0.3) is 0 Å². The lowest BCUT2D eigenvalue weighted by Crippen LogP contribution is -2.37. The first kappa shape index (κ1) is 37.9. The first-order chi connectivity index (χ1) is 27.6. The van der Waals surface area contributed by atoms with Crippen LogP contribution in [-0.2, 0) is 13.1 Å². The number of hydrazine groups is 1. The highest BCUT2D eigenvalue weighted by Gasteiger charge is 2.29. The average Bonchev–Trinajstić information content (AvgIpc) is 3.76. The maximum Gasteiger partial charge on any atom is 0.171 e. The van der Waals surface area contributed by atoms with Crippen LogP contribution < -0.4 is 10.0 Å². The van der Waals surface area contributed by atoms with Crippen LogP contribution in [0.4, 0.5) is 31.8 Å². The predicted molar refractivity (Wildman–Crippen MR) is 223 cm³/mol. The van der Waals surface area contributed by atoms with Crippen molar-refractivity contribution in [1.82, 2.24) is 39.0 Å². The Hall–Kier alpha value is -5.98. The number of fused-ring (bicyclic) bond motifs is 2. The van der Waals surface area contributed by atoms with Crippen LogP contribution in [0, 0.1) is 25.5 Å². The van der Waals surface area contributed by atoms with Gasteiger partial charge in [-0.3, -0.25) is 9.97 Å². The number of pyridine rings is 4. The summed E-state index contributed by atoms with van der Waals surface area (Å²) >= 11 is 14.5. The van der Waals surface area contributed by atoms with E-state index in [1.54, 1.807) is 59.1 Å². The predicted octanol–water partition coefficient (Wildman–Crippen LogP) is 11.6. The van der Waals surface area contributed by atoms with Crippen molar-refractivity contribution in [3.63, 3.8) is 0 Å². The maximum atomic E-state index is 14.9. The molecule has 0 fully saturated rings. The first-order valence-electron chi connectivity index (χ1n) is 18.7. The molecule has 0 saturated carbocycles. The Morgan fingerprint density at radius 3 is 1.75 bits per heavy atom. The fourth-order valence-electron chi connectivity index (χ4n) is 6.90. The molecule has 57 heavy (non-hydrogen) atoms. The smallest absolute Gasteiger partial charge is 0.171 e. The topological polar surface area (TPSA) is 93.7 Å². The Morgan fingerprint density at radius 1 is 0.614 bits per heavy atom. The lowest BCUT2D eigenvalue weighted by molar-refractivity contribution is 0.624. The molecule has 14 heteroatoms. The highest BCUT2D eigenvalue weighted by Crippen LogP contribution is 2.42. The van der Waals surface area contributed by atoms with Gasteiger partial charge in [-0.2, -0.15) is 0 Å². The van der Waals surface area contributed by atoms with Gasteiger partial charge in [-0.05, 0) is 93.4 Å². The second kappa shape index (κ2) is 15.9. The van der Waals surface area contributed by atoms with Crippen molar-refractivity contribution in [3.8, 4) is 22.8 Å². The molecule has 0 bridgehead atoms. The second-order valence-electron chi connectivity index (χ2n) is 13.8. The number of rotatable bonds is 12.